The number of aryl methyl sites for hydroxylation is 1. The molecule has 1 saturated carbocycles. The molecule has 0 bridgehead atoms. The fraction of sp³-hybridized carbons (Fsp3) is 0.588. The van der Waals surface area contributed by atoms with Crippen molar-refractivity contribution < 1.29 is 13.9 Å². The van der Waals surface area contributed by atoms with Crippen LogP contribution in [0, 0.1) is 11.7 Å². The monoisotopic (exact) mass is 325 g/mol. The highest BCUT2D eigenvalue weighted by molar-refractivity contribution is 7.96. The standard InChI is InChI=1S/C17H24FNO2S/c1-11(2)17(20)5-4-12-6-13(18)8-15(7-12)21-16-9-14(10-16)19-22-3/h6-8,11,14,16,19H,4-5,9-10H2,1-3H3/t14-,16-. The van der Waals surface area contributed by atoms with Crippen molar-refractivity contribution >= 4 is 17.7 Å². The summed E-state index contributed by atoms with van der Waals surface area (Å²) in [6.07, 6.45) is 5.05. The van der Waals surface area contributed by atoms with E-state index < -0.39 is 0 Å². The van der Waals surface area contributed by atoms with E-state index in [0.717, 1.165) is 18.4 Å². The smallest absolute Gasteiger partial charge is 0.135 e. The number of benzene rings is 1. The van der Waals surface area contributed by atoms with Gasteiger partial charge in [0.2, 0.25) is 0 Å². The molecule has 1 aromatic carbocycles. The largest absolute Gasteiger partial charge is 0.490 e. The Morgan fingerprint density at radius 2 is 2.14 bits per heavy atom. The van der Waals surface area contributed by atoms with Gasteiger partial charge in [-0.3, -0.25) is 9.52 Å². The Bertz CT molecular complexity index is 515. The molecule has 0 aromatic heterocycles. The van der Waals surface area contributed by atoms with Crippen molar-refractivity contribution in [3.8, 4) is 5.75 Å². The molecular formula is C17H24FNO2S. The maximum atomic E-state index is 13.7. The van der Waals surface area contributed by atoms with Gasteiger partial charge in [0.15, 0.2) is 0 Å². The number of halogens is 1. The number of hydrogen-bond donors (Lipinski definition) is 1. The summed E-state index contributed by atoms with van der Waals surface area (Å²) in [6, 6.07) is 5.24. The molecule has 0 heterocycles. The van der Waals surface area contributed by atoms with Crippen molar-refractivity contribution in [2.75, 3.05) is 6.26 Å². The molecule has 1 aliphatic rings. The molecule has 0 saturated heterocycles. The molecule has 3 nitrogen and oxygen atoms in total. The fourth-order valence-electron chi connectivity index (χ4n) is 2.51. The Morgan fingerprint density at radius 1 is 1.41 bits per heavy atom. The lowest BCUT2D eigenvalue weighted by Crippen LogP contribution is -2.44. The van der Waals surface area contributed by atoms with E-state index in [1.54, 1.807) is 11.9 Å². The molecule has 0 atom stereocenters. The van der Waals surface area contributed by atoms with Crippen LogP contribution < -0.4 is 9.46 Å². The zero-order valence-corrected chi connectivity index (χ0v) is 14.2. The third-order valence-corrected chi connectivity index (χ3v) is 4.49. The van der Waals surface area contributed by atoms with Crippen molar-refractivity contribution in [3.63, 3.8) is 0 Å². The van der Waals surface area contributed by atoms with E-state index in [1.807, 2.05) is 26.2 Å². The molecule has 1 N–H and O–H groups in total. The van der Waals surface area contributed by atoms with Gasteiger partial charge in [0.1, 0.15) is 23.5 Å². The summed E-state index contributed by atoms with van der Waals surface area (Å²) in [6.45, 7) is 3.77. The third kappa shape index (κ3) is 4.99. The number of rotatable bonds is 8. The summed E-state index contributed by atoms with van der Waals surface area (Å²) in [5, 5.41) is 0. The molecule has 1 aliphatic carbocycles. The van der Waals surface area contributed by atoms with Crippen LogP contribution in [0.4, 0.5) is 4.39 Å². The highest BCUT2D eigenvalue weighted by atomic mass is 32.2. The molecule has 122 valence electrons. The molecule has 1 fully saturated rings. The normalized spacial score (nSPS) is 20.8. The predicted octanol–water partition coefficient (Wildman–Crippen LogP) is 3.76. The van der Waals surface area contributed by atoms with Gasteiger partial charge >= 0.3 is 0 Å². The average Bonchev–Trinajstić information content (AvgIpc) is 2.42. The van der Waals surface area contributed by atoms with Crippen molar-refractivity contribution in [1.29, 1.82) is 0 Å². The fourth-order valence-corrected chi connectivity index (χ4v) is 3.03. The van der Waals surface area contributed by atoms with Gasteiger partial charge in [-0.2, -0.15) is 0 Å². The van der Waals surface area contributed by atoms with Crippen LogP contribution in [0.25, 0.3) is 0 Å². The van der Waals surface area contributed by atoms with Crippen LogP contribution >= 0.6 is 11.9 Å². The first kappa shape index (κ1) is 17.3. The maximum Gasteiger partial charge on any atom is 0.135 e. The van der Waals surface area contributed by atoms with Gasteiger partial charge in [0, 0.05) is 37.3 Å². The number of carbonyl (C=O) groups is 1. The molecule has 0 aliphatic heterocycles. The molecule has 0 unspecified atom stereocenters. The summed E-state index contributed by atoms with van der Waals surface area (Å²) >= 11 is 1.61. The molecule has 22 heavy (non-hydrogen) atoms. The first-order chi connectivity index (χ1) is 10.5. The van der Waals surface area contributed by atoms with E-state index in [4.69, 9.17) is 4.74 Å². The minimum Gasteiger partial charge on any atom is -0.490 e. The van der Waals surface area contributed by atoms with Crippen molar-refractivity contribution in [2.24, 2.45) is 5.92 Å². The van der Waals surface area contributed by atoms with Gasteiger partial charge in [-0.15, -0.1) is 0 Å². The summed E-state index contributed by atoms with van der Waals surface area (Å²) < 4.78 is 22.8. The highest BCUT2D eigenvalue weighted by Crippen LogP contribution is 2.28. The highest BCUT2D eigenvalue weighted by Gasteiger charge is 2.30. The molecule has 5 heteroatoms. The quantitative estimate of drug-likeness (QED) is 0.739. The van der Waals surface area contributed by atoms with Crippen molar-refractivity contribution in [3.05, 3.63) is 29.6 Å². The molecule has 0 amide bonds. The molecule has 2 rings (SSSR count). The Kier molecular flexibility index (Phi) is 6.26. The number of ketones is 1. The molecule has 0 spiro atoms. The number of nitrogens with one attached hydrogen (secondary N) is 1. The van der Waals surface area contributed by atoms with Crippen LogP contribution in [0.15, 0.2) is 18.2 Å². The topological polar surface area (TPSA) is 38.3 Å². The van der Waals surface area contributed by atoms with Crippen LogP contribution in [0.1, 0.15) is 38.7 Å². The third-order valence-electron chi connectivity index (χ3n) is 3.92. The maximum absolute atomic E-state index is 13.7. The summed E-state index contributed by atoms with van der Waals surface area (Å²) in [5.41, 5.74) is 0.821. The van der Waals surface area contributed by atoms with Gasteiger partial charge < -0.3 is 4.74 Å². The van der Waals surface area contributed by atoms with Crippen LogP contribution in [0.5, 0.6) is 5.75 Å². The minimum absolute atomic E-state index is 0.0279. The second-order valence-electron chi connectivity index (χ2n) is 6.15. The van der Waals surface area contributed by atoms with E-state index in [0.29, 0.717) is 24.6 Å². The van der Waals surface area contributed by atoms with E-state index in [2.05, 4.69) is 4.72 Å². The Balaban J connectivity index is 1.89. The van der Waals surface area contributed by atoms with Crippen LogP contribution in [-0.4, -0.2) is 24.2 Å². The van der Waals surface area contributed by atoms with Gasteiger partial charge in [-0.05, 0) is 30.4 Å². The first-order valence-corrected chi connectivity index (χ1v) is 8.97. The molecular weight excluding hydrogens is 301 g/mol. The van der Waals surface area contributed by atoms with E-state index in [1.165, 1.54) is 12.1 Å². The SMILES string of the molecule is CSN[C@H]1C[C@H](Oc2cc(F)cc(CCC(=O)C(C)C)c2)C1. The number of ether oxygens (including phenoxy) is 1. The van der Waals surface area contributed by atoms with Crippen molar-refractivity contribution in [1.82, 2.24) is 4.72 Å². The second-order valence-corrected chi connectivity index (χ2v) is 6.79. The van der Waals surface area contributed by atoms with Crippen LogP contribution in [0.2, 0.25) is 0 Å². The first-order valence-electron chi connectivity index (χ1n) is 7.75. The Hall–Kier alpha value is -1.07. The number of carbonyl (C=O) groups excluding carboxylic acids is 1. The Morgan fingerprint density at radius 3 is 2.77 bits per heavy atom. The zero-order chi connectivity index (χ0) is 16.1. The molecule has 1 aromatic rings. The summed E-state index contributed by atoms with van der Waals surface area (Å²) in [4.78, 5) is 11.7. The lowest BCUT2D eigenvalue weighted by molar-refractivity contribution is -0.121. The molecule has 0 radical (unpaired) electrons. The van der Waals surface area contributed by atoms with Gasteiger partial charge in [-0.1, -0.05) is 25.8 Å². The summed E-state index contributed by atoms with van der Waals surface area (Å²) in [7, 11) is 0. The number of hydrogen-bond acceptors (Lipinski definition) is 4. The van der Waals surface area contributed by atoms with Crippen LogP contribution in [-0.2, 0) is 11.2 Å². The lowest BCUT2D eigenvalue weighted by atomic mass is 9.90. The predicted molar refractivity (Wildman–Crippen MR) is 88.7 cm³/mol. The van der Waals surface area contributed by atoms with Crippen LogP contribution in [0.3, 0.4) is 0 Å². The van der Waals surface area contributed by atoms with E-state index >= 15 is 0 Å². The van der Waals surface area contributed by atoms with E-state index in [-0.39, 0.29) is 23.6 Å². The average molecular weight is 325 g/mol. The number of Topliss-reactive ketones (excluding diaryl/α,β-unsaturated/α-hetero) is 1. The summed E-state index contributed by atoms with van der Waals surface area (Å²) in [5.74, 6) is 0.499. The van der Waals surface area contributed by atoms with Gasteiger partial charge in [-0.25, -0.2) is 4.39 Å². The Labute approximate surface area is 136 Å². The zero-order valence-electron chi connectivity index (χ0n) is 13.4. The van der Waals surface area contributed by atoms with E-state index in [9.17, 15) is 9.18 Å². The van der Waals surface area contributed by atoms with Gasteiger partial charge in [0.25, 0.3) is 0 Å². The van der Waals surface area contributed by atoms with Crippen molar-refractivity contribution in [2.45, 2.75) is 51.7 Å². The second kappa shape index (κ2) is 7.97. The lowest BCUT2D eigenvalue weighted by Gasteiger charge is -2.35. The van der Waals surface area contributed by atoms with Gasteiger partial charge in [0.05, 0.1) is 0 Å². The minimum atomic E-state index is -0.303.